The van der Waals surface area contributed by atoms with E-state index in [1.807, 2.05) is 6.07 Å². The number of azo groups is 2. The fourth-order valence-corrected chi connectivity index (χ4v) is 4.50. The fourth-order valence-electron chi connectivity index (χ4n) is 3.15. The Morgan fingerprint density at radius 1 is 0.676 bits per heavy atom. The van der Waals surface area contributed by atoms with E-state index in [1.165, 1.54) is 6.07 Å². The smallest absolute Gasteiger partial charge is 0.871 e. The van der Waals surface area contributed by atoms with Gasteiger partial charge in [0, 0.05) is 5.39 Å². The van der Waals surface area contributed by atoms with E-state index in [0.29, 0.717) is 17.4 Å². The summed E-state index contributed by atoms with van der Waals surface area (Å²) in [6.45, 7) is 0. The Hall–Kier alpha value is -2.04. The molecule has 0 saturated carbocycles. The molecule has 0 spiro atoms. The van der Waals surface area contributed by atoms with Gasteiger partial charge in [0.1, 0.15) is 15.0 Å². The van der Waals surface area contributed by atoms with Crippen LogP contribution in [0.2, 0.25) is 0 Å². The van der Waals surface area contributed by atoms with Gasteiger partial charge in [-0.3, -0.25) is 4.55 Å². The first kappa shape index (κ1) is 31.2. The van der Waals surface area contributed by atoms with E-state index >= 15 is 0 Å². The summed E-state index contributed by atoms with van der Waals surface area (Å²) in [5, 5.41) is 28.0. The molecule has 0 aliphatic heterocycles. The van der Waals surface area contributed by atoms with Crippen molar-refractivity contribution in [3.63, 3.8) is 0 Å². The van der Waals surface area contributed by atoms with Crippen LogP contribution in [0.1, 0.15) is 0 Å². The Morgan fingerprint density at radius 3 is 1.84 bits per heavy atom. The van der Waals surface area contributed by atoms with Crippen molar-refractivity contribution in [1.29, 1.82) is 0 Å². The van der Waals surface area contributed by atoms with Crippen molar-refractivity contribution >= 4 is 53.8 Å². The predicted octanol–water partition coefficient (Wildman–Crippen LogP) is -1.10. The minimum atomic E-state index is -5.06. The van der Waals surface area contributed by atoms with E-state index in [1.54, 1.807) is 42.5 Å². The van der Waals surface area contributed by atoms with Crippen LogP contribution < -0.4 is 64.2 Å². The first-order chi connectivity index (χ1) is 16.5. The molecular formula is C22H14N4Na2O7S2. The van der Waals surface area contributed by atoms with E-state index in [9.17, 15) is 31.0 Å². The maximum absolute atomic E-state index is 12.5. The van der Waals surface area contributed by atoms with Crippen molar-refractivity contribution in [1.82, 2.24) is 0 Å². The number of nitrogens with zero attached hydrogens (tertiary/aromatic N) is 4. The largest absolute Gasteiger partial charge is 1.00 e. The summed E-state index contributed by atoms with van der Waals surface area (Å²) in [6, 6.07) is 18.8. The zero-order chi connectivity index (χ0) is 25.2. The quantitative estimate of drug-likeness (QED) is 0.178. The molecule has 0 unspecified atom stereocenters. The van der Waals surface area contributed by atoms with Crippen LogP contribution in [0.15, 0.2) is 109 Å². The third kappa shape index (κ3) is 7.74. The zero-order valence-corrected chi connectivity index (χ0v) is 25.1. The van der Waals surface area contributed by atoms with E-state index in [0.717, 1.165) is 18.2 Å². The van der Waals surface area contributed by atoms with Crippen molar-refractivity contribution < 1.29 is 90.2 Å². The summed E-state index contributed by atoms with van der Waals surface area (Å²) in [5.41, 5.74) is 0.831. The van der Waals surface area contributed by atoms with Gasteiger partial charge in [-0.25, -0.2) is 8.42 Å². The third-order valence-electron chi connectivity index (χ3n) is 4.69. The Bertz CT molecular complexity index is 1710. The van der Waals surface area contributed by atoms with Crippen molar-refractivity contribution in [3.05, 3.63) is 78.9 Å². The Morgan fingerprint density at radius 2 is 1.24 bits per heavy atom. The van der Waals surface area contributed by atoms with E-state index < -0.39 is 41.5 Å². The second kappa shape index (κ2) is 12.7. The minimum absolute atomic E-state index is 0. The predicted molar refractivity (Wildman–Crippen MR) is 122 cm³/mol. The molecule has 0 atom stereocenters. The van der Waals surface area contributed by atoms with Gasteiger partial charge in [0.25, 0.3) is 10.1 Å². The number of hydrogen-bond acceptors (Lipinski definition) is 10. The molecule has 0 aliphatic carbocycles. The summed E-state index contributed by atoms with van der Waals surface area (Å²) in [4.78, 5) is -1.85. The van der Waals surface area contributed by atoms with Crippen LogP contribution in [0.3, 0.4) is 0 Å². The van der Waals surface area contributed by atoms with Gasteiger partial charge in [0.2, 0.25) is 0 Å². The second-order valence-corrected chi connectivity index (χ2v) is 9.89. The van der Waals surface area contributed by atoms with Crippen LogP contribution in [0, 0.1) is 0 Å². The summed E-state index contributed by atoms with van der Waals surface area (Å²) < 4.78 is 67.9. The molecule has 37 heavy (non-hydrogen) atoms. The Labute approximate surface area is 256 Å². The molecule has 0 fully saturated rings. The average Bonchev–Trinajstić information content (AvgIpc) is 2.81. The van der Waals surface area contributed by atoms with Gasteiger partial charge in [-0.2, -0.15) is 28.9 Å². The van der Waals surface area contributed by atoms with Gasteiger partial charge in [0.15, 0.2) is 0 Å². The van der Waals surface area contributed by atoms with Gasteiger partial charge >= 0.3 is 59.1 Å². The molecular weight excluding hydrogens is 542 g/mol. The molecule has 0 heterocycles. The van der Waals surface area contributed by atoms with Crippen LogP contribution in [0.25, 0.3) is 10.8 Å². The van der Waals surface area contributed by atoms with E-state index in [-0.39, 0.29) is 75.6 Å². The van der Waals surface area contributed by atoms with E-state index in [4.69, 9.17) is 0 Å². The normalized spacial score (nSPS) is 11.9. The molecule has 1 N–H and O–H groups in total. The number of rotatable bonds is 6. The monoisotopic (exact) mass is 556 g/mol. The molecule has 4 rings (SSSR count). The molecule has 178 valence electrons. The average molecular weight is 556 g/mol. The van der Waals surface area contributed by atoms with Crippen molar-refractivity contribution in [2.45, 2.75) is 9.79 Å². The minimum Gasteiger partial charge on any atom is -0.871 e. The summed E-state index contributed by atoms with van der Waals surface area (Å²) in [7, 11) is -10.1. The Kier molecular flexibility index (Phi) is 10.7. The van der Waals surface area contributed by atoms with Gasteiger partial charge in [-0.1, -0.05) is 42.1 Å². The van der Waals surface area contributed by atoms with Gasteiger partial charge < -0.3 is 9.66 Å². The molecule has 15 heteroatoms. The molecule has 4 aromatic rings. The molecule has 0 bridgehead atoms. The SMILES string of the molecule is O=S(=O)([O-])c1cc(S(=O)(=O)O)c2c(N=Nc3cccc(N=Nc4ccccc4)c3)c([O-])ccc2c1.[Na+].[Na+]. The van der Waals surface area contributed by atoms with E-state index in [2.05, 4.69) is 20.5 Å². The number of fused-ring (bicyclic) bond motifs is 1. The number of benzene rings is 4. The van der Waals surface area contributed by atoms with Crippen LogP contribution in [0.5, 0.6) is 5.75 Å². The molecule has 0 saturated heterocycles. The maximum atomic E-state index is 12.5. The molecule has 11 nitrogen and oxygen atoms in total. The summed E-state index contributed by atoms with van der Waals surface area (Å²) in [6.07, 6.45) is 0. The zero-order valence-electron chi connectivity index (χ0n) is 19.5. The van der Waals surface area contributed by atoms with Gasteiger partial charge in [0.05, 0.1) is 27.6 Å². The maximum Gasteiger partial charge on any atom is 1.00 e. The first-order valence-electron chi connectivity index (χ1n) is 9.72. The van der Waals surface area contributed by atoms with Crippen LogP contribution >= 0.6 is 0 Å². The second-order valence-electron chi connectivity index (χ2n) is 7.12. The van der Waals surface area contributed by atoms with Crippen molar-refractivity contribution in [2.24, 2.45) is 20.5 Å². The third-order valence-corrected chi connectivity index (χ3v) is 6.38. The number of hydrogen-bond donors (Lipinski definition) is 1. The fraction of sp³-hybridized carbons (Fsp3) is 0. The summed E-state index contributed by atoms with van der Waals surface area (Å²) >= 11 is 0. The molecule has 4 aromatic carbocycles. The van der Waals surface area contributed by atoms with Crippen LogP contribution in [0.4, 0.5) is 22.7 Å². The van der Waals surface area contributed by atoms with Crippen LogP contribution in [-0.4, -0.2) is 25.9 Å². The molecule has 0 aromatic heterocycles. The standard InChI is InChI=1S/C22H16N4O7S2.2Na/c27-19-10-9-14-11-18(34(28,29)30)13-20(35(31,32)33)21(14)22(19)26-25-17-8-4-7-16(12-17)24-23-15-5-2-1-3-6-15;;/h1-13,27H,(H,28,29,30)(H,31,32,33);;/q;2*+1/p-2. The van der Waals surface area contributed by atoms with Gasteiger partial charge in [-0.05, 0) is 47.9 Å². The first-order valence-corrected chi connectivity index (χ1v) is 12.6. The summed E-state index contributed by atoms with van der Waals surface area (Å²) in [5.74, 6) is -0.746. The topological polar surface area (TPSA) is 184 Å². The van der Waals surface area contributed by atoms with Gasteiger partial charge in [-0.15, -0.1) is 0 Å². The van der Waals surface area contributed by atoms with Crippen molar-refractivity contribution in [3.8, 4) is 5.75 Å². The molecule has 0 radical (unpaired) electrons. The van der Waals surface area contributed by atoms with Crippen LogP contribution in [-0.2, 0) is 20.2 Å². The Balaban J connectivity index is 0.00000241. The van der Waals surface area contributed by atoms with Crippen molar-refractivity contribution in [2.75, 3.05) is 0 Å². The molecule has 0 amide bonds. The molecule has 0 aliphatic rings.